The average Bonchev–Trinajstić information content (AvgIpc) is 2.71. The molecule has 27 heavy (non-hydrogen) atoms. The van der Waals surface area contributed by atoms with Gasteiger partial charge in [-0.2, -0.15) is 0 Å². The first kappa shape index (κ1) is 16.9. The summed E-state index contributed by atoms with van der Waals surface area (Å²) in [6, 6.07) is 11.5. The molecule has 4 rings (SSSR count). The van der Waals surface area contributed by atoms with E-state index in [9.17, 15) is 14.9 Å². The molecule has 0 saturated heterocycles. The van der Waals surface area contributed by atoms with Crippen LogP contribution in [0.1, 0.15) is 21.5 Å². The van der Waals surface area contributed by atoms with E-state index in [4.69, 9.17) is 14.2 Å². The van der Waals surface area contributed by atoms with E-state index in [1.165, 1.54) is 12.1 Å². The van der Waals surface area contributed by atoms with Crippen molar-refractivity contribution in [1.29, 1.82) is 0 Å². The smallest absolute Gasteiger partial charge is 0.339 e. The molecule has 0 atom stereocenters. The van der Waals surface area contributed by atoms with Gasteiger partial charge in [-0.1, -0.05) is 12.1 Å². The van der Waals surface area contributed by atoms with E-state index in [0.717, 1.165) is 0 Å². The Hall–Kier alpha value is -3.52. The Bertz CT molecular complexity index is 1040. The molecule has 0 fully saturated rings. The minimum Gasteiger partial charge on any atom is -0.467 e. The third-order valence-corrected chi connectivity index (χ3v) is 4.21. The van der Waals surface area contributed by atoms with Crippen LogP contribution in [0, 0.1) is 10.1 Å². The van der Waals surface area contributed by atoms with Crippen LogP contribution in [0.15, 0.2) is 48.7 Å². The van der Waals surface area contributed by atoms with Crippen molar-refractivity contribution in [3.63, 3.8) is 0 Å². The minimum absolute atomic E-state index is 0.0424. The topological polar surface area (TPSA) is 101 Å². The van der Waals surface area contributed by atoms with Crippen LogP contribution >= 0.6 is 0 Å². The van der Waals surface area contributed by atoms with E-state index in [0.29, 0.717) is 33.3 Å². The Morgan fingerprint density at radius 2 is 2.15 bits per heavy atom. The van der Waals surface area contributed by atoms with Gasteiger partial charge in [0.05, 0.1) is 22.6 Å². The normalized spacial score (nSPS) is 12.9. The Labute approximate surface area is 153 Å². The number of hydrogen-bond acceptors (Lipinski definition) is 7. The number of carbonyl (C=O) groups excluding carboxylic acids is 1. The molecule has 0 radical (unpaired) electrons. The van der Waals surface area contributed by atoms with Gasteiger partial charge in [0.25, 0.3) is 5.69 Å². The molecule has 2 aromatic carbocycles. The molecule has 8 nitrogen and oxygen atoms in total. The van der Waals surface area contributed by atoms with Crippen LogP contribution in [-0.4, -0.2) is 22.7 Å². The van der Waals surface area contributed by atoms with E-state index < -0.39 is 10.9 Å². The van der Waals surface area contributed by atoms with Gasteiger partial charge in [-0.25, -0.2) is 4.79 Å². The van der Waals surface area contributed by atoms with Crippen LogP contribution in [0.3, 0.4) is 0 Å². The molecular formula is C19H14N2O6. The molecule has 0 saturated carbocycles. The van der Waals surface area contributed by atoms with Gasteiger partial charge in [0, 0.05) is 34.8 Å². The standard InChI is InChI=1S/C19H14N2O6/c22-19(16-3-1-5-17-15(16)4-2-6-20-17)26-10-13-8-14(21(23)24)7-12-9-25-11-27-18(12)13/h1-8H,9-11H2. The zero-order valence-electron chi connectivity index (χ0n) is 14.1. The van der Waals surface area contributed by atoms with Crippen molar-refractivity contribution in [2.24, 2.45) is 0 Å². The quantitative estimate of drug-likeness (QED) is 0.396. The highest BCUT2D eigenvalue weighted by Gasteiger charge is 2.22. The summed E-state index contributed by atoms with van der Waals surface area (Å²) >= 11 is 0. The predicted molar refractivity (Wildman–Crippen MR) is 94.2 cm³/mol. The van der Waals surface area contributed by atoms with Gasteiger partial charge in [0.1, 0.15) is 12.4 Å². The Kier molecular flexibility index (Phi) is 4.39. The molecule has 136 valence electrons. The maximum atomic E-state index is 12.6. The number of carbonyl (C=O) groups is 1. The molecule has 0 N–H and O–H groups in total. The first-order valence-electron chi connectivity index (χ1n) is 8.15. The summed E-state index contributed by atoms with van der Waals surface area (Å²) in [5, 5.41) is 11.8. The number of non-ortho nitro benzene ring substituents is 1. The van der Waals surface area contributed by atoms with Crippen LogP contribution in [0.2, 0.25) is 0 Å². The third kappa shape index (κ3) is 3.30. The lowest BCUT2D eigenvalue weighted by molar-refractivity contribution is -0.385. The van der Waals surface area contributed by atoms with Gasteiger partial charge in [-0.15, -0.1) is 0 Å². The van der Waals surface area contributed by atoms with Gasteiger partial charge in [-0.3, -0.25) is 15.1 Å². The van der Waals surface area contributed by atoms with Crippen molar-refractivity contribution < 1.29 is 23.9 Å². The summed E-state index contributed by atoms with van der Waals surface area (Å²) in [5.74, 6) is -0.0832. The van der Waals surface area contributed by atoms with Gasteiger partial charge in [-0.05, 0) is 18.2 Å². The second-order valence-electron chi connectivity index (χ2n) is 5.91. The van der Waals surface area contributed by atoms with Crippen LogP contribution < -0.4 is 4.74 Å². The molecule has 1 aliphatic heterocycles. The maximum absolute atomic E-state index is 12.6. The fourth-order valence-corrected chi connectivity index (χ4v) is 3.00. The van der Waals surface area contributed by atoms with Gasteiger partial charge in [0.2, 0.25) is 0 Å². The van der Waals surface area contributed by atoms with Gasteiger partial charge in [0.15, 0.2) is 6.79 Å². The van der Waals surface area contributed by atoms with E-state index >= 15 is 0 Å². The average molecular weight is 366 g/mol. The third-order valence-electron chi connectivity index (χ3n) is 4.21. The highest BCUT2D eigenvalue weighted by atomic mass is 16.7. The lowest BCUT2D eigenvalue weighted by Crippen LogP contribution is -2.15. The Balaban J connectivity index is 1.62. The zero-order valence-corrected chi connectivity index (χ0v) is 14.1. The van der Waals surface area contributed by atoms with E-state index in [1.807, 2.05) is 0 Å². The molecule has 3 aromatic rings. The number of hydrogen-bond donors (Lipinski definition) is 0. The van der Waals surface area contributed by atoms with E-state index in [1.54, 1.807) is 36.5 Å². The number of nitro groups is 1. The first-order valence-corrected chi connectivity index (χ1v) is 8.15. The summed E-state index contributed by atoms with van der Waals surface area (Å²) in [4.78, 5) is 27.4. The second kappa shape index (κ2) is 7.00. The lowest BCUT2D eigenvalue weighted by atomic mass is 10.1. The lowest BCUT2D eigenvalue weighted by Gasteiger charge is -2.20. The summed E-state index contributed by atoms with van der Waals surface area (Å²) in [7, 11) is 0. The van der Waals surface area contributed by atoms with Crippen LogP contribution in [0.4, 0.5) is 5.69 Å². The zero-order chi connectivity index (χ0) is 18.8. The summed E-state index contributed by atoms with van der Waals surface area (Å²) in [6.45, 7) is 0.0905. The fourth-order valence-electron chi connectivity index (χ4n) is 3.00. The number of benzene rings is 2. The van der Waals surface area contributed by atoms with Crippen LogP contribution in [-0.2, 0) is 22.7 Å². The summed E-state index contributed by atoms with van der Waals surface area (Å²) in [5.41, 5.74) is 1.93. The number of fused-ring (bicyclic) bond motifs is 2. The van der Waals surface area contributed by atoms with Crippen LogP contribution in [0.5, 0.6) is 5.75 Å². The number of esters is 1. The highest BCUT2D eigenvalue weighted by Crippen LogP contribution is 2.33. The molecule has 0 spiro atoms. The van der Waals surface area contributed by atoms with E-state index in [2.05, 4.69) is 4.98 Å². The number of pyridine rings is 1. The van der Waals surface area contributed by atoms with E-state index in [-0.39, 0.29) is 25.7 Å². The number of aromatic nitrogens is 1. The van der Waals surface area contributed by atoms with Crippen molar-refractivity contribution in [3.8, 4) is 5.75 Å². The second-order valence-corrected chi connectivity index (χ2v) is 5.91. The molecule has 0 amide bonds. The number of ether oxygens (including phenoxy) is 3. The van der Waals surface area contributed by atoms with Crippen molar-refractivity contribution in [3.05, 3.63) is 75.5 Å². The summed E-state index contributed by atoms with van der Waals surface area (Å²) in [6.07, 6.45) is 1.65. The number of rotatable bonds is 4. The molecular weight excluding hydrogens is 352 g/mol. The van der Waals surface area contributed by atoms with Gasteiger partial charge >= 0.3 is 5.97 Å². The molecule has 0 aliphatic carbocycles. The molecule has 1 aliphatic rings. The largest absolute Gasteiger partial charge is 0.467 e. The molecule has 8 heteroatoms. The van der Waals surface area contributed by atoms with Crippen molar-refractivity contribution >= 4 is 22.6 Å². The number of nitrogens with zero attached hydrogens (tertiary/aromatic N) is 2. The first-order chi connectivity index (χ1) is 13.1. The maximum Gasteiger partial charge on any atom is 0.339 e. The SMILES string of the molecule is O=C(OCc1cc([N+](=O)[O-])cc2c1OCOC2)c1cccc2ncccc12. The van der Waals surface area contributed by atoms with Crippen molar-refractivity contribution in [2.45, 2.75) is 13.2 Å². The van der Waals surface area contributed by atoms with Crippen molar-refractivity contribution in [2.75, 3.05) is 6.79 Å². The highest BCUT2D eigenvalue weighted by molar-refractivity contribution is 6.03. The molecule has 1 aromatic heterocycles. The summed E-state index contributed by atoms with van der Waals surface area (Å²) < 4.78 is 16.0. The van der Waals surface area contributed by atoms with Crippen LogP contribution in [0.25, 0.3) is 10.9 Å². The Morgan fingerprint density at radius 3 is 3.00 bits per heavy atom. The van der Waals surface area contributed by atoms with Crippen molar-refractivity contribution in [1.82, 2.24) is 4.98 Å². The van der Waals surface area contributed by atoms with Gasteiger partial charge < -0.3 is 14.2 Å². The number of nitro benzene ring substituents is 1. The Morgan fingerprint density at radius 1 is 1.26 bits per heavy atom. The fraction of sp³-hybridized carbons (Fsp3) is 0.158. The molecule has 0 unspecified atom stereocenters. The molecule has 2 heterocycles. The predicted octanol–water partition coefficient (Wildman–Crippen LogP) is 3.37. The monoisotopic (exact) mass is 366 g/mol. The minimum atomic E-state index is -0.541. The molecule has 0 bridgehead atoms.